The molecule has 2 aromatic carbocycles. The number of ether oxygens (including phenoxy) is 2. The van der Waals surface area contributed by atoms with Gasteiger partial charge in [0.2, 0.25) is 5.91 Å². The number of benzene rings is 2. The number of piperazine rings is 1. The number of halogens is 1. The third-order valence-corrected chi connectivity index (χ3v) is 5.17. The van der Waals surface area contributed by atoms with Crippen molar-refractivity contribution < 1.29 is 19.1 Å². The molecule has 2 aromatic rings. The number of methoxy groups -OCH3 is 2. The summed E-state index contributed by atoms with van der Waals surface area (Å²) in [4.78, 5) is 28.9. The minimum atomic E-state index is -0.324. The van der Waals surface area contributed by atoms with Gasteiger partial charge < -0.3 is 25.0 Å². The fraction of sp³-hybridized carbons (Fsp3) is 0.364. The van der Waals surface area contributed by atoms with E-state index in [0.29, 0.717) is 43.2 Å². The smallest absolute Gasteiger partial charge is 0.254 e. The highest BCUT2D eigenvalue weighted by Crippen LogP contribution is 2.28. The first-order valence-electron chi connectivity index (χ1n) is 9.63. The van der Waals surface area contributed by atoms with Gasteiger partial charge in [0, 0.05) is 44.2 Å². The van der Waals surface area contributed by atoms with Crippen molar-refractivity contribution in [1.29, 1.82) is 0 Å². The lowest BCUT2D eigenvalue weighted by Gasteiger charge is -2.35. The van der Waals surface area contributed by atoms with E-state index >= 15 is 0 Å². The number of hydrogen-bond donors (Lipinski definition) is 1. The number of carbonyl (C=O) groups excluding carboxylic acids is 2. The first-order chi connectivity index (χ1) is 14.0. The van der Waals surface area contributed by atoms with Crippen molar-refractivity contribution in [1.82, 2.24) is 9.80 Å². The first-order valence-corrected chi connectivity index (χ1v) is 9.63. The predicted molar refractivity (Wildman–Crippen MR) is 117 cm³/mol. The Bertz CT molecular complexity index is 855. The van der Waals surface area contributed by atoms with Gasteiger partial charge in [0.25, 0.3) is 5.91 Å². The van der Waals surface area contributed by atoms with Crippen molar-refractivity contribution in [2.75, 3.05) is 40.4 Å². The lowest BCUT2D eigenvalue weighted by molar-refractivity contribution is -0.133. The maximum atomic E-state index is 12.8. The van der Waals surface area contributed by atoms with Crippen LogP contribution in [0.1, 0.15) is 28.4 Å². The molecule has 0 spiro atoms. The number of hydrogen-bond acceptors (Lipinski definition) is 5. The highest BCUT2D eigenvalue weighted by Gasteiger charge is 2.26. The number of nitrogens with zero attached hydrogens (tertiary/aromatic N) is 2. The molecule has 2 N–H and O–H groups in total. The van der Waals surface area contributed by atoms with E-state index in [0.717, 1.165) is 5.56 Å². The summed E-state index contributed by atoms with van der Waals surface area (Å²) in [6.07, 6.45) is 0.258. The van der Waals surface area contributed by atoms with Gasteiger partial charge in [-0.15, -0.1) is 12.4 Å². The zero-order valence-corrected chi connectivity index (χ0v) is 18.1. The standard InChI is InChI=1S/C22H27N3O4.ClH/c1-28-19-9-8-17(14-20(19)29-2)22(27)25-12-10-24(11-13-25)21(26)15-18(23)16-6-4-3-5-7-16;/h3-9,14,18H,10-13,15,23H2,1-2H3;1H. The highest BCUT2D eigenvalue weighted by atomic mass is 35.5. The van der Waals surface area contributed by atoms with E-state index in [1.807, 2.05) is 30.3 Å². The van der Waals surface area contributed by atoms with Crippen LogP contribution >= 0.6 is 12.4 Å². The van der Waals surface area contributed by atoms with Gasteiger partial charge in [-0.25, -0.2) is 0 Å². The molecule has 0 aliphatic carbocycles. The molecule has 1 atom stereocenters. The van der Waals surface area contributed by atoms with Crippen LogP contribution in [0.15, 0.2) is 48.5 Å². The average molecular weight is 434 g/mol. The zero-order chi connectivity index (χ0) is 20.8. The first kappa shape index (κ1) is 23.5. The molecule has 7 nitrogen and oxygen atoms in total. The van der Waals surface area contributed by atoms with E-state index in [4.69, 9.17) is 15.2 Å². The van der Waals surface area contributed by atoms with E-state index < -0.39 is 0 Å². The second kappa shape index (κ2) is 10.8. The number of amides is 2. The Hall–Kier alpha value is -2.77. The van der Waals surface area contributed by atoms with Gasteiger partial charge >= 0.3 is 0 Å². The number of nitrogens with two attached hydrogens (primary N) is 1. The third-order valence-electron chi connectivity index (χ3n) is 5.17. The summed E-state index contributed by atoms with van der Waals surface area (Å²) < 4.78 is 10.5. The number of carbonyl (C=O) groups is 2. The SMILES string of the molecule is COc1ccc(C(=O)N2CCN(C(=O)CC(N)c3ccccc3)CC2)cc1OC.Cl. The van der Waals surface area contributed by atoms with Crippen LogP contribution in [-0.2, 0) is 4.79 Å². The van der Waals surface area contributed by atoms with Gasteiger partial charge in [0.1, 0.15) is 0 Å². The third kappa shape index (κ3) is 5.43. The molecule has 30 heavy (non-hydrogen) atoms. The molecule has 1 saturated heterocycles. The molecule has 3 rings (SSSR count). The van der Waals surface area contributed by atoms with Crippen LogP contribution in [0.3, 0.4) is 0 Å². The van der Waals surface area contributed by atoms with E-state index in [1.165, 1.54) is 7.11 Å². The Morgan fingerprint density at radius 3 is 2.13 bits per heavy atom. The molecule has 0 aromatic heterocycles. The monoisotopic (exact) mass is 433 g/mol. The zero-order valence-electron chi connectivity index (χ0n) is 17.2. The molecule has 1 aliphatic rings. The molecule has 0 radical (unpaired) electrons. The predicted octanol–water partition coefficient (Wildman–Crippen LogP) is 2.50. The van der Waals surface area contributed by atoms with Crippen LogP contribution < -0.4 is 15.2 Å². The van der Waals surface area contributed by atoms with Crippen LogP contribution in [0.25, 0.3) is 0 Å². The molecule has 2 amide bonds. The van der Waals surface area contributed by atoms with Crippen molar-refractivity contribution in [3.63, 3.8) is 0 Å². The molecule has 8 heteroatoms. The quantitative estimate of drug-likeness (QED) is 0.756. The van der Waals surface area contributed by atoms with Crippen molar-refractivity contribution in [3.8, 4) is 11.5 Å². The van der Waals surface area contributed by atoms with Gasteiger partial charge in [0.05, 0.1) is 14.2 Å². The molecular weight excluding hydrogens is 406 g/mol. The van der Waals surface area contributed by atoms with E-state index in [1.54, 1.807) is 35.1 Å². The van der Waals surface area contributed by atoms with E-state index in [-0.39, 0.29) is 36.7 Å². The van der Waals surface area contributed by atoms with Gasteiger partial charge in [-0.05, 0) is 23.8 Å². The summed E-state index contributed by atoms with van der Waals surface area (Å²) in [6, 6.07) is 14.4. The van der Waals surface area contributed by atoms with Crippen LogP contribution in [0.4, 0.5) is 0 Å². The summed E-state index contributed by atoms with van der Waals surface area (Å²) in [5.74, 6) is 1.02. The van der Waals surface area contributed by atoms with Gasteiger partial charge in [0.15, 0.2) is 11.5 Å². The van der Waals surface area contributed by atoms with Crippen LogP contribution in [-0.4, -0.2) is 62.0 Å². The van der Waals surface area contributed by atoms with Crippen LogP contribution in [0, 0.1) is 0 Å². The second-order valence-corrected chi connectivity index (χ2v) is 6.96. The summed E-state index contributed by atoms with van der Waals surface area (Å²) in [5, 5.41) is 0. The van der Waals surface area contributed by atoms with Gasteiger partial charge in [-0.3, -0.25) is 9.59 Å². The Morgan fingerprint density at radius 1 is 0.933 bits per heavy atom. The minimum absolute atomic E-state index is 0. The maximum absolute atomic E-state index is 12.8. The van der Waals surface area contributed by atoms with Crippen molar-refractivity contribution in [2.24, 2.45) is 5.73 Å². The van der Waals surface area contributed by atoms with Crippen LogP contribution in [0.2, 0.25) is 0 Å². The minimum Gasteiger partial charge on any atom is -0.493 e. The highest BCUT2D eigenvalue weighted by molar-refractivity contribution is 5.95. The Morgan fingerprint density at radius 2 is 1.53 bits per heavy atom. The molecule has 1 aliphatic heterocycles. The average Bonchev–Trinajstić information content (AvgIpc) is 2.78. The lowest BCUT2D eigenvalue weighted by Crippen LogP contribution is -2.51. The molecule has 0 bridgehead atoms. The fourth-order valence-corrected chi connectivity index (χ4v) is 3.45. The fourth-order valence-electron chi connectivity index (χ4n) is 3.45. The van der Waals surface area contributed by atoms with E-state index in [9.17, 15) is 9.59 Å². The summed E-state index contributed by atoms with van der Waals surface area (Å²) in [5.41, 5.74) is 7.65. The topological polar surface area (TPSA) is 85.1 Å². The van der Waals surface area contributed by atoms with Crippen LogP contribution in [0.5, 0.6) is 11.5 Å². The molecule has 1 fully saturated rings. The molecule has 0 saturated carbocycles. The normalized spacial score (nSPS) is 14.5. The summed E-state index contributed by atoms with van der Waals surface area (Å²) >= 11 is 0. The van der Waals surface area contributed by atoms with E-state index in [2.05, 4.69) is 0 Å². The van der Waals surface area contributed by atoms with Crippen molar-refractivity contribution >= 4 is 24.2 Å². The molecule has 1 heterocycles. The van der Waals surface area contributed by atoms with Crippen molar-refractivity contribution in [2.45, 2.75) is 12.5 Å². The molecule has 162 valence electrons. The Balaban J connectivity index is 0.00000320. The maximum Gasteiger partial charge on any atom is 0.254 e. The Labute approximate surface area is 183 Å². The number of rotatable bonds is 6. The van der Waals surface area contributed by atoms with Crippen molar-refractivity contribution in [3.05, 3.63) is 59.7 Å². The molecular formula is C22H28ClN3O4. The Kier molecular flexibility index (Phi) is 8.50. The van der Waals surface area contributed by atoms with Gasteiger partial charge in [-0.1, -0.05) is 30.3 Å². The summed E-state index contributed by atoms with van der Waals surface area (Å²) in [6.45, 7) is 1.97. The second-order valence-electron chi connectivity index (χ2n) is 6.96. The largest absolute Gasteiger partial charge is 0.493 e. The molecule has 1 unspecified atom stereocenters. The summed E-state index contributed by atoms with van der Waals surface area (Å²) in [7, 11) is 3.09. The van der Waals surface area contributed by atoms with Gasteiger partial charge in [-0.2, -0.15) is 0 Å². The lowest BCUT2D eigenvalue weighted by atomic mass is 10.0.